The number of aromatic amines is 1. The van der Waals surface area contributed by atoms with Crippen molar-refractivity contribution in [3.63, 3.8) is 0 Å². The maximum absolute atomic E-state index is 12.2. The lowest BCUT2D eigenvalue weighted by molar-refractivity contribution is 0.557. The molecule has 112 valence electrons. The summed E-state index contributed by atoms with van der Waals surface area (Å²) in [6.45, 7) is 6.21. The Morgan fingerprint density at radius 3 is 2.67 bits per heavy atom. The number of nitrogens with zero attached hydrogens (tertiary/aromatic N) is 3. The molecular formula is C15H21N5O. The number of anilines is 1. The second-order valence-corrected chi connectivity index (χ2v) is 6.64. The largest absolute Gasteiger partial charge is 0.383 e. The van der Waals surface area contributed by atoms with Gasteiger partial charge in [0.05, 0.1) is 11.4 Å². The van der Waals surface area contributed by atoms with Gasteiger partial charge in [0, 0.05) is 17.0 Å². The van der Waals surface area contributed by atoms with Gasteiger partial charge in [-0.1, -0.05) is 20.8 Å². The summed E-state index contributed by atoms with van der Waals surface area (Å²) in [6.07, 6.45) is 3.78. The molecule has 0 aliphatic heterocycles. The van der Waals surface area contributed by atoms with Crippen LogP contribution >= 0.6 is 0 Å². The van der Waals surface area contributed by atoms with E-state index in [0.29, 0.717) is 11.8 Å². The van der Waals surface area contributed by atoms with E-state index in [4.69, 9.17) is 5.73 Å². The standard InChI is InChI=1S/C15H21N5O/c1-15(2,3)11-8-12(16)20(19-11)14-17-10-7-5-4-6-9(10)13(21)18-14/h8H,4-7,16H2,1-3H3,(H,17,18,21). The summed E-state index contributed by atoms with van der Waals surface area (Å²) in [6, 6.07) is 1.83. The number of aryl methyl sites for hydroxylation is 1. The van der Waals surface area contributed by atoms with Gasteiger partial charge in [-0.05, 0) is 25.7 Å². The van der Waals surface area contributed by atoms with Crippen LogP contribution in [0.15, 0.2) is 10.9 Å². The lowest BCUT2D eigenvalue weighted by Crippen LogP contribution is -2.24. The highest BCUT2D eigenvalue weighted by atomic mass is 16.1. The number of H-pyrrole nitrogens is 1. The van der Waals surface area contributed by atoms with Crippen LogP contribution in [-0.2, 0) is 18.3 Å². The normalized spacial score (nSPS) is 15.0. The lowest BCUT2D eigenvalue weighted by Gasteiger charge is -2.15. The number of hydrogen-bond acceptors (Lipinski definition) is 4. The second-order valence-electron chi connectivity index (χ2n) is 6.64. The molecule has 0 unspecified atom stereocenters. The van der Waals surface area contributed by atoms with Crippen LogP contribution in [0, 0.1) is 0 Å². The van der Waals surface area contributed by atoms with Crippen molar-refractivity contribution in [2.75, 3.05) is 5.73 Å². The van der Waals surface area contributed by atoms with Crippen molar-refractivity contribution >= 4 is 5.82 Å². The molecular weight excluding hydrogens is 266 g/mol. The summed E-state index contributed by atoms with van der Waals surface area (Å²) in [5, 5.41) is 4.50. The first-order chi connectivity index (χ1) is 9.86. The average Bonchev–Trinajstić information content (AvgIpc) is 2.81. The molecule has 1 aliphatic carbocycles. The summed E-state index contributed by atoms with van der Waals surface area (Å²) >= 11 is 0. The van der Waals surface area contributed by atoms with E-state index in [1.807, 2.05) is 6.07 Å². The number of nitrogens with two attached hydrogens (primary N) is 1. The van der Waals surface area contributed by atoms with E-state index in [2.05, 4.69) is 35.8 Å². The van der Waals surface area contributed by atoms with Crippen LogP contribution in [0.3, 0.4) is 0 Å². The molecule has 0 spiro atoms. The molecule has 2 aromatic rings. The first-order valence-electron chi connectivity index (χ1n) is 7.35. The fourth-order valence-electron chi connectivity index (χ4n) is 2.62. The fraction of sp³-hybridized carbons (Fsp3) is 0.533. The molecule has 0 saturated carbocycles. The quantitative estimate of drug-likeness (QED) is 0.835. The number of nitrogen functional groups attached to an aromatic ring is 1. The number of hydrogen-bond donors (Lipinski definition) is 2. The van der Waals surface area contributed by atoms with Crippen molar-refractivity contribution in [3.8, 4) is 5.95 Å². The third kappa shape index (κ3) is 2.46. The van der Waals surface area contributed by atoms with Gasteiger partial charge in [0.1, 0.15) is 5.82 Å². The van der Waals surface area contributed by atoms with Crippen molar-refractivity contribution in [2.24, 2.45) is 0 Å². The maximum atomic E-state index is 12.2. The molecule has 1 aliphatic rings. The van der Waals surface area contributed by atoms with Crippen LogP contribution in [0.2, 0.25) is 0 Å². The predicted octanol–water partition coefficient (Wildman–Crippen LogP) is 1.71. The second kappa shape index (κ2) is 4.72. The third-order valence-corrected chi connectivity index (χ3v) is 3.88. The molecule has 0 saturated heterocycles. The van der Waals surface area contributed by atoms with Gasteiger partial charge in [-0.15, -0.1) is 0 Å². The van der Waals surface area contributed by atoms with E-state index in [-0.39, 0.29) is 11.0 Å². The number of rotatable bonds is 1. The Hall–Kier alpha value is -2.11. The van der Waals surface area contributed by atoms with Gasteiger partial charge in [-0.2, -0.15) is 9.78 Å². The highest BCUT2D eigenvalue weighted by Crippen LogP contribution is 2.24. The highest BCUT2D eigenvalue weighted by Gasteiger charge is 2.22. The van der Waals surface area contributed by atoms with Crippen molar-refractivity contribution < 1.29 is 0 Å². The Morgan fingerprint density at radius 1 is 1.29 bits per heavy atom. The zero-order valence-corrected chi connectivity index (χ0v) is 12.7. The molecule has 3 N–H and O–H groups in total. The molecule has 0 aromatic carbocycles. The summed E-state index contributed by atoms with van der Waals surface area (Å²) in [5.41, 5.74) is 8.43. The Balaban J connectivity index is 2.11. The van der Waals surface area contributed by atoms with Crippen LogP contribution in [0.4, 0.5) is 5.82 Å². The van der Waals surface area contributed by atoms with Gasteiger partial charge in [0.15, 0.2) is 0 Å². The van der Waals surface area contributed by atoms with E-state index in [1.165, 1.54) is 4.68 Å². The maximum Gasteiger partial charge on any atom is 0.255 e. The molecule has 3 rings (SSSR count). The topological polar surface area (TPSA) is 89.6 Å². The van der Waals surface area contributed by atoms with E-state index in [9.17, 15) is 4.79 Å². The molecule has 0 amide bonds. The minimum Gasteiger partial charge on any atom is -0.383 e. The van der Waals surface area contributed by atoms with E-state index in [1.54, 1.807) is 0 Å². The highest BCUT2D eigenvalue weighted by molar-refractivity contribution is 5.39. The Labute approximate surface area is 123 Å². The van der Waals surface area contributed by atoms with Crippen LogP contribution in [-0.4, -0.2) is 19.7 Å². The molecule has 0 atom stereocenters. The van der Waals surface area contributed by atoms with E-state index >= 15 is 0 Å². The van der Waals surface area contributed by atoms with Crippen LogP contribution in [0.25, 0.3) is 5.95 Å². The van der Waals surface area contributed by atoms with Crippen molar-refractivity contribution in [1.29, 1.82) is 0 Å². The zero-order valence-electron chi connectivity index (χ0n) is 12.7. The van der Waals surface area contributed by atoms with Gasteiger partial charge in [-0.3, -0.25) is 9.78 Å². The lowest BCUT2D eigenvalue weighted by atomic mass is 9.92. The van der Waals surface area contributed by atoms with Crippen LogP contribution in [0.1, 0.15) is 50.6 Å². The van der Waals surface area contributed by atoms with Gasteiger partial charge >= 0.3 is 0 Å². The Bertz CT molecular complexity index is 735. The molecule has 6 nitrogen and oxygen atoms in total. The summed E-state index contributed by atoms with van der Waals surface area (Å²) < 4.78 is 1.52. The molecule has 0 fully saturated rings. The van der Waals surface area contributed by atoms with Crippen LogP contribution < -0.4 is 11.3 Å². The molecule has 21 heavy (non-hydrogen) atoms. The van der Waals surface area contributed by atoms with Crippen molar-refractivity contribution in [2.45, 2.75) is 51.9 Å². The van der Waals surface area contributed by atoms with E-state index in [0.717, 1.165) is 42.6 Å². The van der Waals surface area contributed by atoms with Crippen LogP contribution in [0.5, 0.6) is 0 Å². The van der Waals surface area contributed by atoms with Crippen molar-refractivity contribution in [3.05, 3.63) is 33.4 Å². The van der Waals surface area contributed by atoms with Gasteiger partial charge in [0.2, 0.25) is 5.95 Å². The summed E-state index contributed by atoms with van der Waals surface area (Å²) in [4.78, 5) is 19.6. The molecule has 6 heteroatoms. The minimum absolute atomic E-state index is 0.0677. The SMILES string of the molecule is CC(C)(C)c1cc(N)n(-c2nc3c(c(=O)[nH]2)CCCC3)n1. The predicted molar refractivity (Wildman–Crippen MR) is 81.7 cm³/mol. The van der Waals surface area contributed by atoms with Crippen molar-refractivity contribution in [1.82, 2.24) is 19.7 Å². The smallest absolute Gasteiger partial charge is 0.255 e. The molecule has 0 radical (unpaired) electrons. The first kappa shape index (κ1) is 13.9. The summed E-state index contributed by atoms with van der Waals surface area (Å²) in [5.74, 6) is 0.896. The van der Waals surface area contributed by atoms with E-state index < -0.39 is 0 Å². The number of fused-ring (bicyclic) bond motifs is 1. The first-order valence-corrected chi connectivity index (χ1v) is 7.35. The Morgan fingerprint density at radius 2 is 2.00 bits per heavy atom. The monoisotopic (exact) mass is 287 g/mol. The molecule has 2 heterocycles. The molecule has 0 bridgehead atoms. The molecule has 2 aromatic heterocycles. The average molecular weight is 287 g/mol. The fourth-order valence-corrected chi connectivity index (χ4v) is 2.62. The zero-order chi connectivity index (χ0) is 15.2. The van der Waals surface area contributed by atoms with Gasteiger partial charge in [-0.25, -0.2) is 4.98 Å². The third-order valence-electron chi connectivity index (χ3n) is 3.88. The Kier molecular flexibility index (Phi) is 3.11. The van der Waals surface area contributed by atoms with Gasteiger partial charge < -0.3 is 5.73 Å². The number of nitrogens with one attached hydrogen (secondary N) is 1. The summed E-state index contributed by atoms with van der Waals surface area (Å²) in [7, 11) is 0. The minimum atomic E-state index is -0.103. The van der Waals surface area contributed by atoms with Gasteiger partial charge in [0.25, 0.3) is 5.56 Å². The number of aromatic nitrogens is 4.